The first kappa shape index (κ1) is 20.4. The average Bonchev–Trinajstić information content (AvgIpc) is 3.20. The van der Waals surface area contributed by atoms with Crippen molar-refractivity contribution in [2.75, 3.05) is 11.8 Å². The Morgan fingerprint density at radius 1 is 1.13 bits per heavy atom. The third-order valence-corrected chi connectivity index (χ3v) is 7.17. The molecule has 3 heterocycles. The number of imidazole rings is 1. The number of rotatable bonds is 5. The van der Waals surface area contributed by atoms with Gasteiger partial charge in [-0.25, -0.2) is 9.97 Å². The molecule has 0 saturated carbocycles. The molecular formula is C21H22N4O3S2. The van der Waals surface area contributed by atoms with Crippen molar-refractivity contribution in [1.82, 2.24) is 14.5 Å². The molecule has 0 saturated heterocycles. The molecule has 1 aromatic carbocycles. The Bertz CT molecular complexity index is 1350. The number of sulfonamides is 1. The summed E-state index contributed by atoms with van der Waals surface area (Å²) < 4.78 is 35.9. The van der Waals surface area contributed by atoms with Crippen LogP contribution in [0, 0.1) is 20.8 Å². The van der Waals surface area contributed by atoms with Gasteiger partial charge >= 0.3 is 0 Å². The molecule has 9 heteroatoms. The van der Waals surface area contributed by atoms with Gasteiger partial charge in [-0.1, -0.05) is 12.1 Å². The standard InChI is InChI=1S/C21H22N4O3S2/c1-12-9-17(24-30(26,27)18-11-25(4)14(3)23-18)20-19(13(2)29-21(20)22-12)15-7-6-8-16(10-15)28-5/h6-11H,1-5H3,(H,22,24). The lowest BCUT2D eigenvalue weighted by molar-refractivity contribution is 0.415. The van der Waals surface area contributed by atoms with Crippen molar-refractivity contribution >= 4 is 37.3 Å². The van der Waals surface area contributed by atoms with E-state index in [4.69, 9.17) is 4.74 Å². The third-order valence-electron chi connectivity index (χ3n) is 4.93. The molecule has 0 radical (unpaired) electrons. The number of pyridine rings is 1. The van der Waals surface area contributed by atoms with E-state index in [1.807, 2.05) is 38.1 Å². The number of methoxy groups -OCH3 is 1. The minimum absolute atomic E-state index is 0.0139. The van der Waals surface area contributed by atoms with Gasteiger partial charge in [0.1, 0.15) is 16.4 Å². The van der Waals surface area contributed by atoms with Gasteiger partial charge in [0, 0.05) is 34.8 Å². The molecule has 7 nitrogen and oxygen atoms in total. The summed E-state index contributed by atoms with van der Waals surface area (Å²) in [6.45, 7) is 5.62. The highest BCUT2D eigenvalue weighted by Crippen LogP contribution is 2.42. The number of hydrogen-bond acceptors (Lipinski definition) is 6. The van der Waals surface area contributed by atoms with Crippen LogP contribution in [0.15, 0.2) is 41.6 Å². The third kappa shape index (κ3) is 3.54. The van der Waals surface area contributed by atoms with Crippen LogP contribution in [-0.4, -0.2) is 30.1 Å². The summed E-state index contributed by atoms with van der Waals surface area (Å²) >= 11 is 1.54. The van der Waals surface area contributed by atoms with Crippen molar-refractivity contribution in [1.29, 1.82) is 0 Å². The van der Waals surface area contributed by atoms with Gasteiger partial charge in [-0.3, -0.25) is 4.72 Å². The van der Waals surface area contributed by atoms with E-state index >= 15 is 0 Å². The lowest BCUT2D eigenvalue weighted by Crippen LogP contribution is -2.14. The number of nitrogens with one attached hydrogen (secondary N) is 1. The molecule has 1 N–H and O–H groups in total. The number of hydrogen-bond donors (Lipinski definition) is 1. The Morgan fingerprint density at radius 3 is 2.57 bits per heavy atom. The van der Waals surface area contributed by atoms with E-state index in [-0.39, 0.29) is 5.03 Å². The van der Waals surface area contributed by atoms with Crippen molar-refractivity contribution in [3.63, 3.8) is 0 Å². The molecule has 0 aliphatic carbocycles. The maximum atomic E-state index is 13.1. The van der Waals surface area contributed by atoms with Crippen LogP contribution >= 0.6 is 11.3 Å². The quantitative estimate of drug-likeness (QED) is 0.494. The van der Waals surface area contributed by atoms with E-state index in [9.17, 15) is 8.42 Å². The maximum absolute atomic E-state index is 13.1. The number of aryl methyl sites for hydroxylation is 4. The fourth-order valence-corrected chi connectivity index (χ4v) is 5.61. The van der Waals surface area contributed by atoms with E-state index in [1.165, 1.54) is 17.5 Å². The van der Waals surface area contributed by atoms with Crippen LogP contribution in [0.3, 0.4) is 0 Å². The van der Waals surface area contributed by atoms with Gasteiger partial charge < -0.3 is 9.30 Å². The number of fused-ring (bicyclic) bond motifs is 1. The molecule has 0 spiro atoms. The van der Waals surface area contributed by atoms with Crippen molar-refractivity contribution in [2.45, 2.75) is 25.8 Å². The zero-order chi connectivity index (χ0) is 21.6. The van der Waals surface area contributed by atoms with E-state index in [0.29, 0.717) is 11.5 Å². The number of nitrogens with zero attached hydrogens (tertiary/aromatic N) is 3. The molecule has 3 aromatic heterocycles. The Morgan fingerprint density at radius 2 is 1.90 bits per heavy atom. The van der Waals surface area contributed by atoms with Crippen molar-refractivity contribution in [3.8, 4) is 16.9 Å². The van der Waals surface area contributed by atoms with Gasteiger partial charge in [0.25, 0.3) is 10.0 Å². The first-order chi connectivity index (χ1) is 14.2. The normalized spacial score (nSPS) is 11.8. The lowest BCUT2D eigenvalue weighted by Gasteiger charge is -2.11. The minimum Gasteiger partial charge on any atom is -0.497 e. The van der Waals surface area contributed by atoms with E-state index < -0.39 is 10.0 Å². The van der Waals surface area contributed by atoms with Gasteiger partial charge in [0.15, 0.2) is 5.03 Å². The van der Waals surface area contributed by atoms with Crippen LogP contribution in [0.4, 0.5) is 5.69 Å². The summed E-state index contributed by atoms with van der Waals surface area (Å²) in [7, 11) is -0.470. The van der Waals surface area contributed by atoms with Crippen LogP contribution < -0.4 is 9.46 Å². The Labute approximate surface area is 179 Å². The summed E-state index contributed by atoms with van der Waals surface area (Å²) in [6, 6.07) is 9.47. The van der Waals surface area contributed by atoms with Crippen LogP contribution in [0.1, 0.15) is 16.4 Å². The molecule has 0 fully saturated rings. The zero-order valence-corrected chi connectivity index (χ0v) is 19.0. The van der Waals surface area contributed by atoms with Gasteiger partial charge in [-0.15, -0.1) is 11.3 Å². The van der Waals surface area contributed by atoms with Crippen molar-refractivity contribution in [2.24, 2.45) is 7.05 Å². The fourth-order valence-electron chi connectivity index (χ4n) is 3.39. The molecular weight excluding hydrogens is 420 g/mol. The van der Waals surface area contributed by atoms with Crippen molar-refractivity contribution < 1.29 is 13.2 Å². The Balaban J connectivity index is 1.91. The summed E-state index contributed by atoms with van der Waals surface area (Å²) in [6.07, 6.45) is 1.50. The monoisotopic (exact) mass is 442 g/mol. The molecule has 0 amide bonds. The number of thiophene rings is 1. The number of ether oxygens (including phenoxy) is 1. The van der Waals surface area contributed by atoms with Gasteiger partial charge in [0.05, 0.1) is 12.8 Å². The SMILES string of the molecule is COc1cccc(-c2c(C)sc3nc(C)cc(NS(=O)(=O)c4cn(C)c(C)n4)c23)c1. The molecule has 30 heavy (non-hydrogen) atoms. The fraction of sp³-hybridized carbons (Fsp3) is 0.238. The highest BCUT2D eigenvalue weighted by Gasteiger charge is 2.23. The predicted molar refractivity (Wildman–Crippen MR) is 120 cm³/mol. The summed E-state index contributed by atoms with van der Waals surface area (Å²) in [4.78, 5) is 10.6. The largest absolute Gasteiger partial charge is 0.497 e. The zero-order valence-electron chi connectivity index (χ0n) is 17.3. The topological polar surface area (TPSA) is 86.1 Å². The second kappa shape index (κ2) is 7.41. The van der Waals surface area contributed by atoms with Crippen LogP contribution in [-0.2, 0) is 17.1 Å². The Hall–Kier alpha value is -2.91. The molecule has 156 valence electrons. The van der Waals surface area contributed by atoms with Gasteiger partial charge in [0.2, 0.25) is 0 Å². The first-order valence-corrected chi connectivity index (χ1v) is 11.6. The maximum Gasteiger partial charge on any atom is 0.280 e. The number of anilines is 1. The van der Waals surface area contributed by atoms with Crippen LogP contribution in [0.5, 0.6) is 5.75 Å². The van der Waals surface area contributed by atoms with E-state index in [0.717, 1.165) is 37.7 Å². The second-order valence-electron chi connectivity index (χ2n) is 7.10. The molecule has 4 aromatic rings. The molecule has 0 aliphatic rings. The summed E-state index contributed by atoms with van der Waals surface area (Å²) in [5.74, 6) is 1.35. The Kier molecular flexibility index (Phi) is 5.03. The molecule has 4 rings (SSSR count). The second-order valence-corrected chi connectivity index (χ2v) is 9.93. The predicted octanol–water partition coefficient (Wildman–Crippen LogP) is 4.43. The molecule has 0 aliphatic heterocycles. The first-order valence-electron chi connectivity index (χ1n) is 9.27. The summed E-state index contributed by atoms with van der Waals surface area (Å²) in [5.41, 5.74) is 3.10. The number of aromatic nitrogens is 3. The lowest BCUT2D eigenvalue weighted by atomic mass is 10.0. The number of benzene rings is 1. The highest BCUT2D eigenvalue weighted by atomic mass is 32.2. The summed E-state index contributed by atoms with van der Waals surface area (Å²) in [5, 5.41) is 0.757. The van der Waals surface area contributed by atoms with Crippen LogP contribution in [0.25, 0.3) is 21.3 Å². The van der Waals surface area contributed by atoms with Crippen molar-refractivity contribution in [3.05, 3.63) is 52.9 Å². The highest BCUT2D eigenvalue weighted by molar-refractivity contribution is 7.92. The van der Waals surface area contributed by atoms with E-state index in [2.05, 4.69) is 14.7 Å². The molecule has 0 unspecified atom stereocenters. The van der Waals surface area contributed by atoms with Gasteiger partial charge in [-0.05, 0) is 44.5 Å². The molecule has 0 bridgehead atoms. The van der Waals surface area contributed by atoms with Gasteiger partial charge in [-0.2, -0.15) is 8.42 Å². The van der Waals surface area contributed by atoms with Crippen LogP contribution in [0.2, 0.25) is 0 Å². The molecule has 0 atom stereocenters. The van der Waals surface area contributed by atoms with E-state index in [1.54, 1.807) is 31.7 Å². The average molecular weight is 443 g/mol. The minimum atomic E-state index is -3.86. The smallest absolute Gasteiger partial charge is 0.280 e.